The summed E-state index contributed by atoms with van der Waals surface area (Å²) in [6.07, 6.45) is 8.13. The van der Waals surface area contributed by atoms with Gasteiger partial charge < -0.3 is 5.32 Å². The summed E-state index contributed by atoms with van der Waals surface area (Å²) in [5.74, 6) is 0.942. The van der Waals surface area contributed by atoms with Gasteiger partial charge >= 0.3 is 0 Å². The van der Waals surface area contributed by atoms with Crippen molar-refractivity contribution < 1.29 is 0 Å². The topological polar surface area (TPSA) is 12.0 Å². The molecule has 0 spiro atoms. The van der Waals surface area contributed by atoms with E-state index in [9.17, 15) is 0 Å². The summed E-state index contributed by atoms with van der Waals surface area (Å²) < 4.78 is 0. The molecular formula is C19H31NS. The van der Waals surface area contributed by atoms with E-state index in [4.69, 9.17) is 0 Å². The molecular weight excluding hydrogens is 274 g/mol. The first kappa shape index (κ1) is 16.9. The van der Waals surface area contributed by atoms with E-state index < -0.39 is 0 Å². The fourth-order valence-electron chi connectivity index (χ4n) is 3.37. The molecule has 1 saturated carbocycles. The summed E-state index contributed by atoms with van der Waals surface area (Å²) in [6.45, 7) is 7.91. The number of rotatable bonds is 7. The molecule has 1 aromatic carbocycles. The lowest BCUT2D eigenvalue weighted by molar-refractivity contribution is 0.287. The summed E-state index contributed by atoms with van der Waals surface area (Å²) in [5.41, 5.74) is 1.35. The molecule has 3 atom stereocenters. The zero-order valence-corrected chi connectivity index (χ0v) is 14.7. The third kappa shape index (κ3) is 5.34. The Balaban J connectivity index is 1.99. The Morgan fingerprint density at radius 1 is 1.10 bits per heavy atom. The fourth-order valence-corrected chi connectivity index (χ4v) is 4.78. The van der Waals surface area contributed by atoms with Gasteiger partial charge in [-0.05, 0) is 57.2 Å². The van der Waals surface area contributed by atoms with Crippen molar-refractivity contribution in [1.29, 1.82) is 0 Å². The van der Waals surface area contributed by atoms with Gasteiger partial charge in [0.05, 0.1) is 0 Å². The van der Waals surface area contributed by atoms with E-state index in [1.54, 1.807) is 0 Å². The van der Waals surface area contributed by atoms with Gasteiger partial charge in [-0.1, -0.05) is 44.4 Å². The van der Waals surface area contributed by atoms with E-state index in [1.807, 2.05) is 0 Å². The van der Waals surface area contributed by atoms with Crippen molar-refractivity contribution in [3.8, 4) is 0 Å². The summed E-state index contributed by atoms with van der Waals surface area (Å²) in [6, 6.07) is 9.76. The molecule has 3 unspecified atom stereocenters. The average Bonchev–Trinajstić information content (AvgIpc) is 2.49. The van der Waals surface area contributed by atoms with Crippen LogP contribution in [-0.4, -0.2) is 17.8 Å². The summed E-state index contributed by atoms with van der Waals surface area (Å²) in [4.78, 5) is 1.44. The smallest absolute Gasteiger partial charge is 0.0251 e. The molecule has 0 bridgehead atoms. The molecule has 0 amide bonds. The number of nitrogens with one attached hydrogen (secondary N) is 1. The molecule has 1 N–H and O–H groups in total. The van der Waals surface area contributed by atoms with Crippen molar-refractivity contribution in [1.82, 2.24) is 5.32 Å². The van der Waals surface area contributed by atoms with Crippen molar-refractivity contribution >= 4 is 11.8 Å². The average molecular weight is 306 g/mol. The van der Waals surface area contributed by atoms with Gasteiger partial charge in [-0.25, -0.2) is 0 Å². The largest absolute Gasteiger partial charge is 0.313 e. The van der Waals surface area contributed by atoms with Crippen LogP contribution in [-0.2, 0) is 0 Å². The van der Waals surface area contributed by atoms with Crippen molar-refractivity contribution in [2.45, 2.75) is 75.5 Å². The van der Waals surface area contributed by atoms with Crippen LogP contribution in [0.3, 0.4) is 0 Å². The van der Waals surface area contributed by atoms with E-state index in [1.165, 1.54) is 49.0 Å². The van der Waals surface area contributed by atoms with Crippen LogP contribution in [0.25, 0.3) is 0 Å². The van der Waals surface area contributed by atoms with E-state index >= 15 is 0 Å². The molecule has 1 aliphatic rings. The second kappa shape index (κ2) is 8.85. The monoisotopic (exact) mass is 305 g/mol. The lowest BCUT2D eigenvalue weighted by Crippen LogP contribution is -2.42. The first-order valence-corrected chi connectivity index (χ1v) is 9.57. The van der Waals surface area contributed by atoms with E-state index in [2.05, 4.69) is 62.1 Å². The highest BCUT2D eigenvalue weighted by atomic mass is 32.2. The Hall–Kier alpha value is -0.470. The molecule has 21 heavy (non-hydrogen) atoms. The highest BCUT2D eigenvalue weighted by Crippen LogP contribution is 2.38. The molecule has 0 aliphatic heterocycles. The van der Waals surface area contributed by atoms with Crippen LogP contribution in [0, 0.1) is 12.8 Å². The van der Waals surface area contributed by atoms with Gasteiger partial charge in [0.2, 0.25) is 0 Å². The first-order valence-electron chi connectivity index (χ1n) is 8.69. The fraction of sp³-hybridized carbons (Fsp3) is 0.684. The van der Waals surface area contributed by atoms with E-state index in [0.29, 0.717) is 6.04 Å². The molecule has 2 rings (SSSR count). The lowest BCUT2D eigenvalue weighted by Gasteiger charge is -2.36. The van der Waals surface area contributed by atoms with Crippen molar-refractivity contribution in [3.05, 3.63) is 29.8 Å². The molecule has 0 saturated heterocycles. The van der Waals surface area contributed by atoms with Gasteiger partial charge in [0.15, 0.2) is 0 Å². The van der Waals surface area contributed by atoms with Crippen LogP contribution in [0.1, 0.15) is 57.9 Å². The zero-order valence-electron chi connectivity index (χ0n) is 13.9. The van der Waals surface area contributed by atoms with Crippen molar-refractivity contribution in [2.75, 3.05) is 6.54 Å². The van der Waals surface area contributed by atoms with Crippen LogP contribution < -0.4 is 5.32 Å². The normalized spacial score (nSPS) is 26.0. The van der Waals surface area contributed by atoms with Gasteiger partial charge in [-0.15, -0.1) is 11.8 Å². The Kier molecular flexibility index (Phi) is 7.12. The predicted octanol–water partition coefficient (Wildman–Crippen LogP) is 5.42. The van der Waals surface area contributed by atoms with Crippen molar-refractivity contribution in [3.63, 3.8) is 0 Å². The maximum Gasteiger partial charge on any atom is 0.0251 e. The van der Waals surface area contributed by atoms with E-state index in [0.717, 1.165) is 17.7 Å². The molecule has 1 aliphatic carbocycles. The van der Waals surface area contributed by atoms with E-state index in [-0.39, 0.29) is 0 Å². The van der Waals surface area contributed by atoms with Crippen LogP contribution in [0.4, 0.5) is 0 Å². The summed E-state index contributed by atoms with van der Waals surface area (Å²) >= 11 is 2.10. The number of thioether (sulfide) groups is 1. The number of hydrogen-bond acceptors (Lipinski definition) is 2. The molecule has 2 heteroatoms. The standard InChI is InChI=1S/C19H31NS/c1-4-6-16-9-12-18(20-13-5-2)19(14-16)21-17-10-7-15(3)8-11-17/h7-8,10-11,16,18-20H,4-6,9,12-14H2,1-3H3. The zero-order chi connectivity index (χ0) is 15.1. The highest BCUT2D eigenvalue weighted by Gasteiger charge is 2.30. The minimum absolute atomic E-state index is 0.698. The highest BCUT2D eigenvalue weighted by molar-refractivity contribution is 8.00. The molecule has 0 heterocycles. The Morgan fingerprint density at radius 2 is 1.86 bits per heavy atom. The maximum absolute atomic E-state index is 3.79. The molecule has 1 fully saturated rings. The van der Waals surface area contributed by atoms with Gasteiger partial charge in [-0.3, -0.25) is 0 Å². The third-order valence-corrected chi connectivity index (χ3v) is 5.93. The third-order valence-electron chi connectivity index (χ3n) is 4.56. The Bertz CT molecular complexity index is 401. The number of aryl methyl sites for hydroxylation is 1. The quantitative estimate of drug-likeness (QED) is 0.721. The van der Waals surface area contributed by atoms with Gasteiger partial charge in [0.1, 0.15) is 0 Å². The van der Waals surface area contributed by atoms with Crippen LogP contribution in [0.5, 0.6) is 0 Å². The minimum Gasteiger partial charge on any atom is -0.313 e. The molecule has 1 aromatic rings. The first-order chi connectivity index (χ1) is 10.2. The number of hydrogen-bond donors (Lipinski definition) is 1. The SMILES string of the molecule is CCCNC1CCC(CCC)CC1Sc1ccc(C)cc1. The summed E-state index contributed by atoms with van der Waals surface area (Å²) in [7, 11) is 0. The summed E-state index contributed by atoms with van der Waals surface area (Å²) in [5, 5.41) is 4.54. The minimum atomic E-state index is 0.698. The molecule has 118 valence electrons. The Morgan fingerprint density at radius 3 is 2.52 bits per heavy atom. The van der Waals surface area contributed by atoms with Gasteiger partial charge in [0.25, 0.3) is 0 Å². The van der Waals surface area contributed by atoms with Gasteiger partial charge in [-0.2, -0.15) is 0 Å². The number of benzene rings is 1. The lowest BCUT2D eigenvalue weighted by atomic mass is 9.83. The van der Waals surface area contributed by atoms with Crippen LogP contribution in [0.2, 0.25) is 0 Å². The Labute approximate surface area is 135 Å². The maximum atomic E-state index is 3.79. The van der Waals surface area contributed by atoms with Crippen LogP contribution in [0.15, 0.2) is 29.2 Å². The predicted molar refractivity (Wildman–Crippen MR) is 95.2 cm³/mol. The molecule has 0 aromatic heterocycles. The van der Waals surface area contributed by atoms with Crippen molar-refractivity contribution in [2.24, 2.45) is 5.92 Å². The second-order valence-electron chi connectivity index (χ2n) is 6.50. The molecule has 0 radical (unpaired) electrons. The van der Waals surface area contributed by atoms with Crippen LogP contribution >= 0.6 is 11.8 Å². The van der Waals surface area contributed by atoms with Gasteiger partial charge in [0, 0.05) is 16.2 Å². The second-order valence-corrected chi connectivity index (χ2v) is 7.81. The molecule has 1 nitrogen and oxygen atoms in total.